The van der Waals surface area contributed by atoms with Crippen molar-refractivity contribution in [2.24, 2.45) is 5.92 Å². The van der Waals surface area contributed by atoms with Crippen LogP contribution in [-0.2, 0) is 4.79 Å². The van der Waals surface area contributed by atoms with E-state index in [-0.39, 0.29) is 11.7 Å². The van der Waals surface area contributed by atoms with Crippen molar-refractivity contribution >= 4 is 22.4 Å². The predicted octanol–water partition coefficient (Wildman–Crippen LogP) is 6.30. The van der Waals surface area contributed by atoms with Crippen molar-refractivity contribution in [3.05, 3.63) is 60.1 Å². The van der Waals surface area contributed by atoms with E-state index in [0.717, 1.165) is 47.2 Å². The van der Waals surface area contributed by atoms with Gasteiger partial charge in [-0.1, -0.05) is 19.1 Å². The Hall–Kier alpha value is -3.08. The molecule has 0 aliphatic carbocycles. The van der Waals surface area contributed by atoms with Crippen LogP contribution in [0.25, 0.3) is 27.7 Å². The van der Waals surface area contributed by atoms with Crippen LogP contribution in [0.15, 0.2) is 53.2 Å². The number of carbonyl (C=O) groups excluding carboxylic acids is 1. The van der Waals surface area contributed by atoms with Crippen LogP contribution in [0.1, 0.15) is 39.2 Å². The fourth-order valence-corrected chi connectivity index (χ4v) is 4.23. The van der Waals surface area contributed by atoms with Gasteiger partial charge in [0.05, 0.1) is 12.9 Å². The number of rotatable bonds is 5. The Bertz CT molecular complexity index is 1110. The molecule has 0 N–H and O–H groups in total. The fourth-order valence-electron chi connectivity index (χ4n) is 4.23. The summed E-state index contributed by atoms with van der Waals surface area (Å²) in [5, 5.41) is 0.900. The topological polar surface area (TPSA) is 42.7 Å². The number of nitrogens with zero attached hydrogens (tertiary/aromatic N) is 1. The molecule has 1 unspecified atom stereocenters. The molecule has 2 aromatic carbocycles. The Morgan fingerprint density at radius 3 is 2.77 bits per heavy atom. The van der Waals surface area contributed by atoms with E-state index in [1.54, 1.807) is 24.5 Å². The van der Waals surface area contributed by atoms with Crippen LogP contribution >= 0.6 is 0 Å². The minimum Gasteiger partial charge on any atom is -0.493 e. The number of benzene rings is 2. The summed E-state index contributed by atoms with van der Waals surface area (Å²) in [4.78, 5) is 14.8. The molecule has 1 amide bonds. The maximum Gasteiger partial charge on any atom is 0.246 e. The molecule has 0 spiro atoms. The standard InChI is InChI=1S/C26H28FNO3/c1-4-30-24-14-25-22(23(16-31-25)19-7-9-20(27)10-8-19)13-21(24)18(3)12-26(29)28-11-5-6-17(2)15-28/h7-10,12-14,16-17H,4-6,11,15H2,1-3H3/b18-12+. The van der Waals surface area contributed by atoms with E-state index in [1.165, 1.54) is 18.6 Å². The number of carbonyl (C=O) groups is 1. The summed E-state index contributed by atoms with van der Waals surface area (Å²) in [5.74, 6) is 0.979. The quantitative estimate of drug-likeness (QED) is 0.454. The lowest BCUT2D eigenvalue weighted by molar-refractivity contribution is -0.127. The van der Waals surface area contributed by atoms with Crippen LogP contribution in [0.3, 0.4) is 0 Å². The van der Waals surface area contributed by atoms with E-state index in [0.29, 0.717) is 23.9 Å². The van der Waals surface area contributed by atoms with E-state index < -0.39 is 0 Å². The second-order valence-electron chi connectivity index (χ2n) is 8.29. The summed E-state index contributed by atoms with van der Waals surface area (Å²) in [5.41, 5.74) is 4.14. The van der Waals surface area contributed by atoms with E-state index in [9.17, 15) is 9.18 Å². The molecule has 0 radical (unpaired) electrons. The highest BCUT2D eigenvalue weighted by Crippen LogP contribution is 2.37. The summed E-state index contributed by atoms with van der Waals surface area (Å²) in [7, 11) is 0. The molecule has 1 fully saturated rings. The Morgan fingerprint density at radius 2 is 2.06 bits per heavy atom. The van der Waals surface area contributed by atoms with Crippen molar-refractivity contribution in [2.45, 2.75) is 33.6 Å². The van der Waals surface area contributed by atoms with Crippen molar-refractivity contribution in [3.8, 4) is 16.9 Å². The first kappa shape index (κ1) is 21.2. The van der Waals surface area contributed by atoms with Crippen molar-refractivity contribution < 1.29 is 18.3 Å². The van der Waals surface area contributed by atoms with Crippen molar-refractivity contribution in [1.82, 2.24) is 4.90 Å². The average molecular weight is 422 g/mol. The van der Waals surface area contributed by atoms with Crippen LogP contribution < -0.4 is 4.74 Å². The summed E-state index contributed by atoms with van der Waals surface area (Å²) in [6.45, 7) is 8.17. The van der Waals surface area contributed by atoms with Crippen molar-refractivity contribution in [1.29, 1.82) is 0 Å². The summed E-state index contributed by atoms with van der Waals surface area (Å²) in [6.07, 6.45) is 5.60. The molecule has 3 aromatic rings. The van der Waals surface area contributed by atoms with Gasteiger partial charge in [-0.25, -0.2) is 4.39 Å². The highest BCUT2D eigenvalue weighted by atomic mass is 19.1. The normalized spacial score (nSPS) is 17.2. The molecular weight excluding hydrogens is 393 g/mol. The van der Waals surface area contributed by atoms with Gasteiger partial charge in [-0.3, -0.25) is 4.79 Å². The van der Waals surface area contributed by atoms with Gasteiger partial charge in [-0.2, -0.15) is 0 Å². The van der Waals surface area contributed by atoms with Crippen LogP contribution in [0.4, 0.5) is 4.39 Å². The number of hydrogen-bond donors (Lipinski definition) is 0. The number of allylic oxidation sites excluding steroid dienone is 1. The molecule has 162 valence electrons. The predicted molar refractivity (Wildman–Crippen MR) is 121 cm³/mol. The maximum atomic E-state index is 13.4. The van der Waals surface area contributed by atoms with Crippen LogP contribution in [-0.4, -0.2) is 30.5 Å². The molecule has 1 atom stereocenters. The molecule has 31 heavy (non-hydrogen) atoms. The fraction of sp³-hybridized carbons (Fsp3) is 0.346. The Morgan fingerprint density at radius 1 is 1.29 bits per heavy atom. The third-order valence-electron chi connectivity index (χ3n) is 5.86. The molecule has 1 aliphatic heterocycles. The van der Waals surface area contributed by atoms with Gasteiger partial charge in [-0.15, -0.1) is 0 Å². The maximum absolute atomic E-state index is 13.4. The minimum absolute atomic E-state index is 0.0394. The summed E-state index contributed by atoms with van der Waals surface area (Å²) >= 11 is 0. The number of furan rings is 1. The number of likely N-dealkylation sites (tertiary alicyclic amines) is 1. The minimum atomic E-state index is -0.278. The average Bonchev–Trinajstić information content (AvgIpc) is 3.16. The zero-order chi connectivity index (χ0) is 22.0. The number of hydrogen-bond acceptors (Lipinski definition) is 3. The van der Waals surface area contributed by atoms with Gasteiger partial charge in [0.2, 0.25) is 5.91 Å². The SMILES string of the molecule is CCOc1cc2occ(-c3ccc(F)cc3)c2cc1/C(C)=C/C(=O)N1CCCC(C)C1. The first-order valence-electron chi connectivity index (χ1n) is 10.9. The molecule has 1 aliphatic rings. The lowest BCUT2D eigenvalue weighted by Gasteiger charge is -2.30. The largest absolute Gasteiger partial charge is 0.493 e. The molecule has 1 saturated heterocycles. The van der Waals surface area contributed by atoms with E-state index in [4.69, 9.17) is 9.15 Å². The highest BCUT2D eigenvalue weighted by molar-refractivity contribution is 6.00. The highest BCUT2D eigenvalue weighted by Gasteiger charge is 2.21. The van der Waals surface area contributed by atoms with E-state index >= 15 is 0 Å². The smallest absolute Gasteiger partial charge is 0.246 e. The molecule has 5 heteroatoms. The van der Waals surface area contributed by atoms with Gasteiger partial charge in [0.15, 0.2) is 0 Å². The molecule has 0 bridgehead atoms. The van der Waals surface area contributed by atoms with Crippen molar-refractivity contribution in [2.75, 3.05) is 19.7 Å². The van der Waals surface area contributed by atoms with E-state index in [1.807, 2.05) is 30.9 Å². The van der Waals surface area contributed by atoms with Crippen LogP contribution in [0.5, 0.6) is 5.75 Å². The van der Waals surface area contributed by atoms with Gasteiger partial charge < -0.3 is 14.1 Å². The van der Waals surface area contributed by atoms with Gasteiger partial charge in [0.25, 0.3) is 0 Å². The second kappa shape index (κ2) is 8.96. The van der Waals surface area contributed by atoms with E-state index in [2.05, 4.69) is 6.92 Å². The Kier molecular flexibility index (Phi) is 6.12. The summed E-state index contributed by atoms with van der Waals surface area (Å²) in [6, 6.07) is 10.2. The Labute approximate surface area is 182 Å². The number of amides is 1. The number of ether oxygens (including phenoxy) is 1. The van der Waals surface area contributed by atoms with Crippen molar-refractivity contribution in [3.63, 3.8) is 0 Å². The van der Waals surface area contributed by atoms with Crippen LogP contribution in [0, 0.1) is 11.7 Å². The molecule has 2 heterocycles. The lowest BCUT2D eigenvalue weighted by atomic mass is 9.98. The van der Waals surface area contributed by atoms with Gasteiger partial charge in [-0.05, 0) is 61.9 Å². The molecule has 1 aromatic heterocycles. The van der Waals surface area contributed by atoms with Gasteiger partial charge in [0.1, 0.15) is 17.1 Å². The summed E-state index contributed by atoms with van der Waals surface area (Å²) < 4.78 is 25.0. The Balaban J connectivity index is 1.74. The molecule has 4 nitrogen and oxygen atoms in total. The van der Waals surface area contributed by atoms with Crippen LogP contribution in [0.2, 0.25) is 0 Å². The third kappa shape index (κ3) is 4.50. The number of halogens is 1. The number of fused-ring (bicyclic) bond motifs is 1. The van der Waals surface area contributed by atoms with Gasteiger partial charge in [0, 0.05) is 41.7 Å². The first-order valence-corrected chi connectivity index (χ1v) is 10.9. The zero-order valence-corrected chi connectivity index (χ0v) is 18.3. The monoisotopic (exact) mass is 421 g/mol. The molecular formula is C26H28FNO3. The molecule has 0 saturated carbocycles. The molecule has 4 rings (SSSR count). The lowest BCUT2D eigenvalue weighted by Crippen LogP contribution is -2.38. The van der Waals surface area contributed by atoms with Gasteiger partial charge >= 0.3 is 0 Å². The third-order valence-corrected chi connectivity index (χ3v) is 5.86. The zero-order valence-electron chi connectivity index (χ0n) is 18.3. The number of piperidine rings is 1. The first-order chi connectivity index (χ1) is 15.0. The second-order valence-corrected chi connectivity index (χ2v) is 8.29.